The molecular weight excluding hydrogens is 360 g/mol. The van der Waals surface area contributed by atoms with Crippen molar-refractivity contribution in [2.75, 3.05) is 13.2 Å². The van der Waals surface area contributed by atoms with Crippen molar-refractivity contribution in [3.8, 4) is 5.75 Å². The molecule has 0 aromatic heterocycles. The Hall–Kier alpha value is -2.85. The topological polar surface area (TPSA) is 64.4 Å². The number of hydrogen-bond donors (Lipinski definition) is 2. The van der Waals surface area contributed by atoms with Crippen molar-refractivity contribution >= 4 is 16.7 Å². The van der Waals surface area contributed by atoms with Crippen molar-refractivity contribution in [1.82, 2.24) is 5.32 Å². The quantitative estimate of drug-likeness (QED) is 0.669. The van der Waals surface area contributed by atoms with Gasteiger partial charge in [-0.2, -0.15) is 0 Å². The Kier molecular flexibility index (Phi) is 4.51. The molecule has 0 spiro atoms. The van der Waals surface area contributed by atoms with Crippen LogP contribution in [-0.2, 0) is 5.41 Å². The van der Waals surface area contributed by atoms with E-state index in [-0.39, 0.29) is 5.41 Å². The molecule has 3 aromatic rings. The number of carbonyl (C=O) groups excluding carboxylic acids is 1. The fraction of sp³-hybridized carbons (Fsp3) is 0.320. The number of amides is 1. The maximum atomic E-state index is 12.4. The van der Waals surface area contributed by atoms with Crippen LogP contribution in [0.3, 0.4) is 0 Å². The zero-order valence-electron chi connectivity index (χ0n) is 16.5. The summed E-state index contributed by atoms with van der Waals surface area (Å²) in [6.45, 7) is 1.67. The van der Waals surface area contributed by atoms with E-state index >= 15 is 0 Å². The molecule has 1 aliphatic carbocycles. The molecule has 4 heteroatoms. The predicted molar refractivity (Wildman–Crippen MR) is 115 cm³/mol. The van der Waals surface area contributed by atoms with E-state index in [9.17, 15) is 4.79 Å². The van der Waals surface area contributed by atoms with E-state index in [1.807, 2.05) is 18.2 Å². The lowest BCUT2D eigenvalue weighted by atomic mass is 9.82. The van der Waals surface area contributed by atoms with Gasteiger partial charge >= 0.3 is 0 Å². The van der Waals surface area contributed by atoms with Crippen molar-refractivity contribution < 1.29 is 9.53 Å². The van der Waals surface area contributed by atoms with Crippen molar-refractivity contribution in [3.63, 3.8) is 0 Å². The van der Waals surface area contributed by atoms with E-state index in [1.165, 1.54) is 22.8 Å². The molecule has 1 aliphatic heterocycles. The van der Waals surface area contributed by atoms with Gasteiger partial charge in [-0.15, -0.1) is 0 Å². The van der Waals surface area contributed by atoms with E-state index in [0.717, 1.165) is 31.4 Å². The smallest absolute Gasteiger partial charge is 0.249 e. The van der Waals surface area contributed by atoms with Gasteiger partial charge in [0, 0.05) is 17.0 Å². The molecule has 1 saturated carbocycles. The summed E-state index contributed by atoms with van der Waals surface area (Å²) < 4.78 is 5.97. The lowest BCUT2D eigenvalue weighted by molar-refractivity contribution is 0.0998. The number of fused-ring (bicyclic) bond motifs is 1. The van der Waals surface area contributed by atoms with Crippen molar-refractivity contribution in [1.29, 1.82) is 0 Å². The largest absolute Gasteiger partial charge is 0.492 e. The van der Waals surface area contributed by atoms with Gasteiger partial charge in [0.2, 0.25) is 5.91 Å². The van der Waals surface area contributed by atoms with Gasteiger partial charge < -0.3 is 15.8 Å². The van der Waals surface area contributed by atoms with Crippen LogP contribution < -0.4 is 15.8 Å². The highest BCUT2D eigenvalue weighted by Crippen LogP contribution is 2.56. The molecule has 1 atom stereocenters. The minimum Gasteiger partial charge on any atom is -0.492 e. The van der Waals surface area contributed by atoms with Gasteiger partial charge in [-0.05, 0) is 66.3 Å². The SMILES string of the molecule is NC(=O)c1cc(OCC2CCCN2)ccc1C1(c2cccc3ccccc23)CC1. The molecule has 148 valence electrons. The Morgan fingerprint density at radius 2 is 1.90 bits per heavy atom. The lowest BCUT2D eigenvalue weighted by Crippen LogP contribution is -2.28. The van der Waals surface area contributed by atoms with Gasteiger partial charge in [0.05, 0.1) is 0 Å². The molecular formula is C25H26N2O2. The second-order valence-electron chi connectivity index (χ2n) is 8.28. The van der Waals surface area contributed by atoms with Crippen molar-refractivity contribution in [2.45, 2.75) is 37.1 Å². The number of primary amides is 1. The summed E-state index contributed by atoms with van der Waals surface area (Å²) in [6, 6.07) is 21.1. The van der Waals surface area contributed by atoms with Crippen LogP contribution in [0.25, 0.3) is 10.8 Å². The zero-order valence-corrected chi connectivity index (χ0v) is 16.5. The summed E-state index contributed by atoms with van der Waals surface area (Å²) in [5, 5.41) is 5.90. The molecule has 3 aromatic carbocycles. The van der Waals surface area contributed by atoms with Gasteiger partial charge in [0.1, 0.15) is 12.4 Å². The third kappa shape index (κ3) is 3.28. The average molecular weight is 386 g/mol. The standard InChI is InChI=1S/C25H26N2O2/c26-24(28)21-15-19(29-16-18-7-4-14-27-18)10-11-23(21)25(12-13-25)22-9-3-6-17-5-1-2-8-20(17)22/h1-3,5-6,8-11,15,18,27H,4,7,12-14,16H2,(H2,26,28). The van der Waals surface area contributed by atoms with Gasteiger partial charge in [-0.3, -0.25) is 4.79 Å². The maximum absolute atomic E-state index is 12.4. The van der Waals surface area contributed by atoms with Crippen molar-refractivity contribution in [2.24, 2.45) is 5.73 Å². The van der Waals surface area contributed by atoms with E-state index in [2.05, 4.69) is 47.8 Å². The second-order valence-corrected chi connectivity index (χ2v) is 8.28. The molecule has 1 amide bonds. The van der Waals surface area contributed by atoms with E-state index < -0.39 is 5.91 Å². The Balaban J connectivity index is 1.52. The van der Waals surface area contributed by atoms with Crippen LogP contribution in [0.5, 0.6) is 5.75 Å². The Morgan fingerprint density at radius 1 is 1.07 bits per heavy atom. The average Bonchev–Trinajstić information content (AvgIpc) is 3.38. The second kappa shape index (κ2) is 7.20. The number of hydrogen-bond acceptors (Lipinski definition) is 3. The van der Waals surface area contributed by atoms with Crippen LogP contribution in [0.15, 0.2) is 60.7 Å². The first kappa shape index (κ1) is 18.2. The Bertz CT molecular complexity index is 1060. The molecule has 1 unspecified atom stereocenters. The molecule has 29 heavy (non-hydrogen) atoms. The van der Waals surface area contributed by atoms with Crippen LogP contribution in [0, 0.1) is 0 Å². The number of benzene rings is 3. The minimum atomic E-state index is -0.393. The Morgan fingerprint density at radius 3 is 2.66 bits per heavy atom. The first-order valence-corrected chi connectivity index (χ1v) is 10.5. The number of ether oxygens (including phenoxy) is 1. The third-order valence-corrected chi connectivity index (χ3v) is 6.44. The molecule has 1 heterocycles. The van der Waals surface area contributed by atoms with Gasteiger partial charge in [-0.1, -0.05) is 48.5 Å². The summed E-state index contributed by atoms with van der Waals surface area (Å²) in [6.07, 6.45) is 4.36. The van der Waals surface area contributed by atoms with Crippen LogP contribution in [0.1, 0.15) is 47.2 Å². The number of nitrogens with two attached hydrogens (primary N) is 1. The van der Waals surface area contributed by atoms with Crippen LogP contribution in [0.4, 0.5) is 0 Å². The van der Waals surface area contributed by atoms with E-state index in [1.54, 1.807) is 0 Å². The number of nitrogens with one attached hydrogen (secondary N) is 1. The molecule has 2 fully saturated rings. The monoisotopic (exact) mass is 386 g/mol. The third-order valence-electron chi connectivity index (χ3n) is 6.44. The molecule has 1 saturated heterocycles. The normalized spacial score (nSPS) is 19.9. The van der Waals surface area contributed by atoms with Gasteiger partial charge in [-0.25, -0.2) is 0 Å². The molecule has 0 bridgehead atoms. The highest BCUT2D eigenvalue weighted by atomic mass is 16.5. The lowest BCUT2D eigenvalue weighted by Gasteiger charge is -2.22. The fourth-order valence-corrected chi connectivity index (χ4v) is 4.78. The summed E-state index contributed by atoms with van der Waals surface area (Å²) >= 11 is 0. The number of carbonyl (C=O) groups is 1. The molecule has 0 radical (unpaired) electrons. The van der Waals surface area contributed by atoms with Crippen LogP contribution >= 0.6 is 0 Å². The summed E-state index contributed by atoms with van der Waals surface area (Å²) in [5.74, 6) is 0.320. The molecule has 5 rings (SSSR count). The van der Waals surface area contributed by atoms with E-state index in [0.29, 0.717) is 24.0 Å². The zero-order chi connectivity index (χ0) is 19.8. The summed E-state index contributed by atoms with van der Waals surface area (Å²) in [7, 11) is 0. The Labute approximate surface area is 171 Å². The molecule has 3 N–H and O–H groups in total. The summed E-state index contributed by atoms with van der Waals surface area (Å²) in [4.78, 5) is 12.4. The fourth-order valence-electron chi connectivity index (χ4n) is 4.78. The van der Waals surface area contributed by atoms with Crippen LogP contribution in [-0.4, -0.2) is 25.1 Å². The first-order valence-electron chi connectivity index (χ1n) is 10.5. The van der Waals surface area contributed by atoms with E-state index in [4.69, 9.17) is 10.5 Å². The minimum absolute atomic E-state index is 0.142. The first-order chi connectivity index (χ1) is 14.2. The van der Waals surface area contributed by atoms with Crippen LogP contribution in [0.2, 0.25) is 0 Å². The number of rotatable bonds is 6. The highest BCUT2D eigenvalue weighted by molar-refractivity contribution is 5.96. The summed E-state index contributed by atoms with van der Waals surface area (Å²) in [5.41, 5.74) is 8.54. The van der Waals surface area contributed by atoms with Crippen molar-refractivity contribution in [3.05, 3.63) is 77.4 Å². The van der Waals surface area contributed by atoms with Gasteiger partial charge in [0.25, 0.3) is 0 Å². The predicted octanol–water partition coefficient (Wildman–Crippen LogP) is 4.15. The highest BCUT2D eigenvalue weighted by Gasteiger charge is 2.48. The molecule has 4 nitrogen and oxygen atoms in total. The molecule has 2 aliphatic rings. The van der Waals surface area contributed by atoms with Gasteiger partial charge in [0.15, 0.2) is 0 Å². The maximum Gasteiger partial charge on any atom is 0.249 e.